The Labute approximate surface area is 250 Å². The molecule has 3 aromatic rings. The van der Waals surface area contributed by atoms with E-state index < -0.39 is 17.1 Å². The van der Waals surface area contributed by atoms with Gasteiger partial charge in [0.05, 0.1) is 30.4 Å². The highest BCUT2D eigenvalue weighted by Gasteiger charge is 2.46. The monoisotopic (exact) mass is 603 g/mol. The number of aromatic nitrogens is 2. The zero-order valence-corrected chi connectivity index (χ0v) is 24.8. The molecule has 0 aliphatic heterocycles. The van der Waals surface area contributed by atoms with Gasteiger partial charge in [-0.05, 0) is 62.1 Å². The van der Waals surface area contributed by atoms with Gasteiger partial charge < -0.3 is 14.9 Å². The molecule has 1 aliphatic carbocycles. The molecule has 2 atom stereocenters. The van der Waals surface area contributed by atoms with Gasteiger partial charge in [-0.15, -0.1) is 0 Å². The van der Waals surface area contributed by atoms with Crippen LogP contribution in [0.5, 0.6) is 0 Å². The maximum absolute atomic E-state index is 16.7. The van der Waals surface area contributed by atoms with Crippen molar-refractivity contribution in [2.75, 3.05) is 20.3 Å². The van der Waals surface area contributed by atoms with E-state index >= 15 is 4.39 Å². The van der Waals surface area contributed by atoms with Crippen LogP contribution in [-0.4, -0.2) is 51.6 Å². The summed E-state index contributed by atoms with van der Waals surface area (Å²) in [7, 11) is 1.69. The highest BCUT2D eigenvalue weighted by atomic mass is 35.5. The first-order valence-electron chi connectivity index (χ1n) is 13.9. The summed E-state index contributed by atoms with van der Waals surface area (Å²) in [6.45, 7) is 1.43. The molecule has 0 saturated heterocycles. The Morgan fingerprint density at radius 3 is 2.32 bits per heavy atom. The molecule has 1 heterocycles. The number of aliphatic hydroxyl groups is 2. The predicted molar refractivity (Wildman–Crippen MR) is 156 cm³/mol. The molecule has 0 amide bonds. The molecule has 2 N–H and O–H groups in total. The Morgan fingerprint density at radius 2 is 1.73 bits per heavy atom. The second kappa shape index (κ2) is 13.7. The summed E-state index contributed by atoms with van der Waals surface area (Å²) >= 11 is 12.2. The smallest absolute Gasteiger partial charge is 0.177 e. The second-order valence-electron chi connectivity index (χ2n) is 10.5. The van der Waals surface area contributed by atoms with Gasteiger partial charge in [0.15, 0.2) is 12.0 Å². The molecule has 1 unspecified atom stereocenters. The maximum Gasteiger partial charge on any atom is 0.177 e. The van der Waals surface area contributed by atoms with Crippen molar-refractivity contribution in [2.24, 2.45) is 5.92 Å². The third-order valence-electron chi connectivity index (χ3n) is 8.13. The minimum Gasteiger partial charge on any atom is -0.394 e. The Morgan fingerprint density at radius 1 is 1.07 bits per heavy atom. The molecule has 10 heteroatoms. The molecule has 1 aromatic heterocycles. The van der Waals surface area contributed by atoms with Gasteiger partial charge in [-0.1, -0.05) is 61.5 Å². The molecule has 7 nitrogen and oxygen atoms in total. The zero-order chi connectivity index (χ0) is 29.6. The van der Waals surface area contributed by atoms with Crippen LogP contribution in [0.3, 0.4) is 0 Å². The topological polar surface area (TPSA) is 95.8 Å². The van der Waals surface area contributed by atoms with Crippen LogP contribution in [0.15, 0.2) is 48.8 Å². The van der Waals surface area contributed by atoms with Crippen molar-refractivity contribution in [3.05, 3.63) is 92.7 Å². The fraction of sp³-hybridized carbons (Fsp3) is 0.452. The van der Waals surface area contributed by atoms with E-state index in [0.717, 1.165) is 32.1 Å². The predicted octanol–water partition coefficient (Wildman–Crippen LogP) is 6.25. The number of nitrogens with zero attached hydrogens (tertiary/aromatic N) is 3. The average Bonchev–Trinajstić information content (AvgIpc) is 2.99. The van der Waals surface area contributed by atoms with Crippen molar-refractivity contribution in [3.8, 4) is 0 Å². The molecule has 0 bridgehead atoms. The number of benzene rings is 2. The Kier molecular flexibility index (Phi) is 10.5. The molecule has 220 valence electrons. The van der Waals surface area contributed by atoms with Crippen LogP contribution in [0.1, 0.15) is 78.3 Å². The molecule has 41 heavy (non-hydrogen) atoms. The van der Waals surface area contributed by atoms with Crippen molar-refractivity contribution in [3.63, 3.8) is 0 Å². The van der Waals surface area contributed by atoms with Crippen LogP contribution >= 0.6 is 23.2 Å². The average molecular weight is 605 g/mol. The van der Waals surface area contributed by atoms with Gasteiger partial charge in [0.1, 0.15) is 11.6 Å². The molecule has 0 spiro atoms. The van der Waals surface area contributed by atoms with Crippen molar-refractivity contribution in [1.29, 1.82) is 0 Å². The number of rotatable bonds is 12. The number of aldehydes is 1. The normalized spacial score (nSPS) is 17.3. The van der Waals surface area contributed by atoms with Gasteiger partial charge in [0, 0.05) is 34.1 Å². The van der Waals surface area contributed by atoms with E-state index in [0.29, 0.717) is 39.7 Å². The van der Waals surface area contributed by atoms with Gasteiger partial charge in [0.2, 0.25) is 0 Å². The van der Waals surface area contributed by atoms with Gasteiger partial charge in [0.25, 0.3) is 0 Å². The number of carbonyl (C=O) groups excluding carboxylic acids is 1. The number of hydrogen-bond donors (Lipinski definition) is 2. The zero-order valence-electron chi connectivity index (χ0n) is 23.3. The Bertz CT molecular complexity index is 1320. The first kappa shape index (κ1) is 31.5. The highest BCUT2D eigenvalue weighted by molar-refractivity contribution is 6.30. The number of halogens is 3. The quantitative estimate of drug-likeness (QED) is 0.186. The first-order valence-corrected chi connectivity index (χ1v) is 14.7. The lowest BCUT2D eigenvalue weighted by Gasteiger charge is -2.43. The van der Waals surface area contributed by atoms with E-state index in [2.05, 4.69) is 9.97 Å². The lowest BCUT2D eigenvalue weighted by Crippen LogP contribution is -2.49. The number of aliphatic hydroxyl groups excluding tert-OH is 1. The van der Waals surface area contributed by atoms with Crippen LogP contribution in [0.2, 0.25) is 10.0 Å². The third-order valence-corrected chi connectivity index (χ3v) is 8.58. The first-order chi connectivity index (χ1) is 19.7. The van der Waals surface area contributed by atoms with Crippen molar-refractivity contribution in [2.45, 2.75) is 63.3 Å². The lowest BCUT2D eigenvalue weighted by atomic mass is 9.71. The number of carbonyl (C=O) groups is 1. The minimum atomic E-state index is -1.70. The SMILES string of the molecule is CCC(O)(c1cc(F)c([C@](OCCO)(c2ccc(Cl)cc2)N(C)Cc2ncc(Cl)cn2)c(C=O)c1)C1CCCCC1. The molecular formula is C31H36Cl2FN3O4. The van der Waals surface area contributed by atoms with Crippen LogP contribution in [0.25, 0.3) is 0 Å². The number of hydrogen-bond acceptors (Lipinski definition) is 7. The van der Waals surface area contributed by atoms with E-state index in [4.69, 9.17) is 27.9 Å². The Balaban J connectivity index is 1.94. The molecule has 0 radical (unpaired) electrons. The van der Waals surface area contributed by atoms with E-state index in [-0.39, 0.29) is 36.8 Å². The number of ether oxygens (including phenoxy) is 1. The lowest BCUT2D eigenvalue weighted by molar-refractivity contribution is -0.137. The van der Waals surface area contributed by atoms with Crippen LogP contribution < -0.4 is 0 Å². The van der Waals surface area contributed by atoms with Gasteiger partial charge in [-0.25, -0.2) is 14.4 Å². The molecule has 2 aromatic carbocycles. The summed E-state index contributed by atoms with van der Waals surface area (Å²) in [6.07, 6.45) is 8.66. The molecular weight excluding hydrogens is 568 g/mol. The molecule has 1 saturated carbocycles. The molecule has 1 fully saturated rings. The van der Waals surface area contributed by atoms with Crippen LogP contribution in [0, 0.1) is 11.7 Å². The van der Waals surface area contributed by atoms with Crippen LogP contribution in [-0.2, 0) is 22.6 Å². The Hall–Kier alpha value is -2.46. The van der Waals surface area contributed by atoms with Crippen molar-refractivity contribution >= 4 is 29.5 Å². The summed E-state index contributed by atoms with van der Waals surface area (Å²) in [6, 6.07) is 9.55. The third kappa shape index (κ3) is 6.48. The van der Waals surface area contributed by atoms with E-state index in [9.17, 15) is 15.0 Å². The minimum absolute atomic E-state index is 0.0273. The van der Waals surface area contributed by atoms with Crippen molar-refractivity contribution < 1.29 is 24.1 Å². The van der Waals surface area contributed by atoms with Crippen molar-refractivity contribution in [1.82, 2.24) is 14.9 Å². The van der Waals surface area contributed by atoms with E-state index in [1.54, 1.807) is 42.3 Å². The fourth-order valence-electron chi connectivity index (χ4n) is 6.07. The van der Waals surface area contributed by atoms with Gasteiger partial charge in [-0.3, -0.25) is 9.69 Å². The van der Waals surface area contributed by atoms with E-state index in [1.165, 1.54) is 18.5 Å². The highest BCUT2D eigenvalue weighted by Crippen LogP contribution is 2.45. The largest absolute Gasteiger partial charge is 0.394 e. The van der Waals surface area contributed by atoms with Gasteiger partial charge in [-0.2, -0.15) is 0 Å². The summed E-state index contributed by atoms with van der Waals surface area (Å²) in [5.41, 5.74) is -2.17. The maximum atomic E-state index is 16.7. The second-order valence-corrected chi connectivity index (χ2v) is 11.4. The standard InChI is InChI=1S/C31H36Cl2FN3O4/c1-3-30(40,22-7-5-4-6-8-22)24-15-21(20-39)29(27(34)16-24)31(41-14-13-38,23-9-11-25(32)12-10-23)37(2)19-28-35-17-26(33)18-36-28/h9-12,15-18,20,22,38,40H,3-8,13-14,19H2,1-2H3/t30?,31-/m1/s1. The fourth-order valence-corrected chi connectivity index (χ4v) is 6.30. The molecule has 4 rings (SSSR count). The summed E-state index contributed by atoms with van der Waals surface area (Å²) in [4.78, 5) is 23.0. The van der Waals surface area contributed by atoms with Gasteiger partial charge >= 0.3 is 0 Å². The molecule has 1 aliphatic rings. The summed E-state index contributed by atoms with van der Waals surface area (Å²) in [5, 5.41) is 22.5. The summed E-state index contributed by atoms with van der Waals surface area (Å²) in [5.74, 6) is -0.378. The van der Waals surface area contributed by atoms with E-state index in [1.807, 2.05) is 6.92 Å². The summed E-state index contributed by atoms with van der Waals surface area (Å²) < 4.78 is 23.0. The van der Waals surface area contributed by atoms with Crippen LogP contribution in [0.4, 0.5) is 4.39 Å².